The molecule has 0 radical (unpaired) electrons. The molecule has 1 aromatic heterocycles. The van der Waals surface area contributed by atoms with Crippen LogP contribution < -0.4 is 11.1 Å². The molecule has 0 saturated carbocycles. The molecule has 2 atom stereocenters. The van der Waals surface area contributed by atoms with Crippen LogP contribution in [-0.2, 0) is 6.54 Å². The van der Waals surface area contributed by atoms with E-state index in [1.807, 2.05) is 11.3 Å². The minimum absolute atomic E-state index is 0.273. The molecule has 0 aliphatic heterocycles. The van der Waals surface area contributed by atoms with Gasteiger partial charge in [-0.1, -0.05) is 20.3 Å². The van der Waals surface area contributed by atoms with E-state index < -0.39 is 0 Å². The fraction of sp³-hybridized carbons (Fsp3) is 0.667. The van der Waals surface area contributed by atoms with Gasteiger partial charge in [0, 0.05) is 24.0 Å². The Kier molecular flexibility index (Phi) is 5.29. The Hall–Kier alpha value is -0.380. The van der Waals surface area contributed by atoms with Crippen LogP contribution in [0.3, 0.4) is 0 Å². The molecule has 3 heteroatoms. The monoisotopic (exact) mass is 226 g/mol. The summed E-state index contributed by atoms with van der Waals surface area (Å²) in [7, 11) is 0. The van der Waals surface area contributed by atoms with E-state index >= 15 is 0 Å². The topological polar surface area (TPSA) is 38.0 Å². The fourth-order valence-corrected chi connectivity index (χ4v) is 2.32. The predicted octanol–water partition coefficient (Wildman–Crippen LogP) is 2.52. The summed E-state index contributed by atoms with van der Waals surface area (Å²) in [6.45, 7) is 8.42. The van der Waals surface area contributed by atoms with Crippen LogP contribution in [0.2, 0.25) is 0 Å². The van der Waals surface area contributed by atoms with Crippen LogP contribution >= 0.6 is 11.3 Å². The molecule has 2 nitrogen and oxygen atoms in total. The molecule has 86 valence electrons. The van der Waals surface area contributed by atoms with Crippen molar-refractivity contribution in [1.29, 1.82) is 0 Å². The zero-order chi connectivity index (χ0) is 11.3. The third-order valence-electron chi connectivity index (χ3n) is 3.01. The lowest BCUT2D eigenvalue weighted by atomic mass is 10.0. The van der Waals surface area contributed by atoms with Crippen LogP contribution in [0, 0.1) is 12.8 Å². The van der Waals surface area contributed by atoms with Gasteiger partial charge >= 0.3 is 0 Å². The van der Waals surface area contributed by atoms with Crippen molar-refractivity contribution < 1.29 is 0 Å². The number of nitrogens with one attached hydrogen (secondary N) is 1. The minimum Gasteiger partial charge on any atom is -0.326 e. The molecule has 0 aliphatic carbocycles. The summed E-state index contributed by atoms with van der Waals surface area (Å²) in [6.07, 6.45) is 1.15. The number of hydrogen-bond donors (Lipinski definition) is 2. The smallest absolute Gasteiger partial charge is 0.0303 e. The van der Waals surface area contributed by atoms with E-state index in [1.54, 1.807) is 0 Å². The zero-order valence-corrected chi connectivity index (χ0v) is 10.7. The highest BCUT2D eigenvalue weighted by molar-refractivity contribution is 7.10. The second-order valence-corrected chi connectivity index (χ2v) is 5.21. The quantitative estimate of drug-likeness (QED) is 0.782. The molecule has 1 heterocycles. The second kappa shape index (κ2) is 6.26. The molecular weight excluding hydrogens is 204 g/mol. The van der Waals surface area contributed by atoms with Crippen molar-refractivity contribution in [2.75, 3.05) is 6.54 Å². The molecule has 0 aliphatic rings. The van der Waals surface area contributed by atoms with Crippen LogP contribution in [0.4, 0.5) is 0 Å². The molecule has 0 saturated heterocycles. The first-order valence-corrected chi connectivity index (χ1v) is 6.52. The summed E-state index contributed by atoms with van der Waals surface area (Å²) in [4.78, 5) is 1.42. The normalized spacial score (nSPS) is 15.2. The highest BCUT2D eigenvalue weighted by atomic mass is 32.1. The number of hydrogen-bond acceptors (Lipinski definition) is 3. The van der Waals surface area contributed by atoms with Gasteiger partial charge < -0.3 is 11.1 Å². The molecule has 1 rings (SSSR count). The number of nitrogens with two attached hydrogens (primary N) is 1. The van der Waals surface area contributed by atoms with E-state index in [0.717, 1.165) is 19.5 Å². The second-order valence-electron chi connectivity index (χ2n) is 4.21. The van der Waals surface area contributed by atoms with Crippen molar-refractivity contribution in [3.05, 3.63) is 21.9 Å². The lowest BCUT2D eigenvalue weighted by Crippen LogP contribution is -2.38. The van der Waals surface area contributed by atoms with Crippen LogP contribution in [0.5, 0.6) is 0 Å². The average Bonchev–Trinajstić information content (AvgIpc) is 2.63. The van der Waals surface area contributed by atoms with Gasteiger partial charge in [-0.25, -0.2) is 0 Å². The van der Waals surface area contributed by atoms with Crippen molar-refractivity contribution in [3.8, 4) is 0 Å². The van der Waals surface area contributed by atoms with E-state index in [9.17, 15) is 0 Å². The maximum absolute atomic E-state index is 6.05. The van der Waals surface area contributed by atoms with Gasteiger partial charge in [0.05, 0.1) is 0 Å². The predicted molar refractivity (Wildman–Crippen MR) is 68.2 cm³/mol. The molecule has 3 N–H and O–H groups in total. The maximum Gasteiger partial charge on any atom is 0.0303 e. The van der Waals surface area contributed by atoms with Crippen molar-refractivity contribution in [1.82, 2.24) is 5.32 Å². The Labute approximate surface area is 96.9 Å². The molecule has 0 fully saturated rings. The molecule has 1 aromatic rings. The lowest BCUT2D eigenvalue weighted by Gasteiger charge is -2.18. The highest BCUT2D eigenvalue weighted by Crippen LogP contribution is 2.14. The van der Waals surface area contributed by atoms with E-state index in [4.69, 9.17) is 5.73 Å². The van der Waals surface area contributed by atoms with E-state index in [-0.39, 0.29) is 6.04 Å². The summed E-state index contributed by atoms with van der Waals surface area (Å²) in [5, 5.41) is 5.57. The molecular formula is C12H22N2S. The molecule has 0 spiro atoms. The lowest BCUT2D eigenvalue weighted by molar-refractivity contribution is 0.419. The van der Waals surface area contributed by atoms with Crippen LogP contribution in [0.25, 0.3) is 0 Å². The summed E-state index contributed by atoms with van der Waals surface area (Å²) >= 11 is 1.81. The summed E-state index contributed by atoms with van der Waals surface area (Å²) in [5.74, 6) is 0.599. The van der Waals surface area contributed by atoms with E-state index in [2.05, 4.69) is 37.5 Å². The maximum atomic E-state index is 6.05. The third-order valence-corrected chi connectivity index (χ3v) is 4.03. The number of aryl methyl sites for hydroxylation is 1. The SMILES string of the molecule is CCC(C)C(N)CNCc1sccc1C. The van der Waals surface area contributed by atoms with E-state index in [1.165, 1.54) is 10.4 Å². The standard InChI is InChI=1S/C12H22N2S/c1-4-9(2)11(13)7-14-8-12-10(3)5-6-15-12/h5-6,9,11,14H,4,7-8,13H2,1-3H3. The number of thiophene rings is 1. The zero-order valence-electron chi connectivity index (χ0n) is 9.92. The Morgan fingerprint density at radius 2 is 2.27 bits per heavy atom. The van der Waals surface area contributed by atoms with Gasteiger partial charge in [0.25, 0.3) is 0 Å². The summed E-state index contributed by atoms with van der Waals surface area (Å²) in [5.41, 5.74) is 7.43. The van der Waals surface area contributed by atoms with Crippen molar-refractivity contribution in [2.24, 2.45) is 11.7 Å². The van der Waals surface area contributed by atoms with Gasteiger partial charge in [0.1, 0.15) is 0 Å². The van der Waals surface area contributed by atoms with Gasteiger partial charge in [-0.15, -0.1) is 11.3 Å². The van der Waals surface area contributed by atoms with Gasteiger partial charge in [0.15, 0.2) is 0 Å². The third kappa shape index (κ3) is 3.93. The van der Waals surface area contributed by atoms with Crippen molar-refractivity contribution >= 4 is 11.3 Å². The Morgan fingerprint density at radius 1 is 1.53 bits per heavy atom. The van der Waals surface area contributed by atoms with Crippen LogP contribution in [0.15, 0.2) is 11.4 Å². The van der Waals surface area contributed by atoms with Crippen molar-refractivity contribution in [3.63, 3.8) is 0 Å². The van der Waals surface area contributed by atoms with Crippen LogP contribution in [-0.4, -0.2) is 12.6 Å². The van der Waals surface area contributed by atoms with Gasteiger partial charge in [-0.3, -0.25) is 0 Å². The molecule has 0 amide bonds. The molecule has 2 unspecified atom stereocenters. The minimum atomic E-state index is 0.273. The summed E-state index contributed by atoms with van der Waals surface area (Å²) in [6, 6.07) is 2.44. The average molecular weight is 226 g/mol. The Bertz CT molecular complexity index is 283. The van der Waals surface area contributed by atoms with Crippen LogP contribution in [0.1, 0.15) is 30.7 Å². The van der Waals surface area contributed by atoms with Gasteiger partial charge in [0.2, 0.25) is 0 Å². The summed E-state index contributed by atoms with van der Waals surface area (Å²) < 4.78 is 0. The number of rotatable bonds is 6. The molecule has 15 heavy (non-hydrogen) atoms. The first-order chi connectivity index (χ1) is 7.15. The largest absolute Gasteiger partial charge is 0.326 e. The first kappa shape index (κ1) is 12.7. The fourth-order valence-electron chi connectivity index (χ4n) is 1.44. The Balaban J connectivity index is 2.25. The van der Waals surface area contributed by atoms with Crippen molar-refractivity contribution in [2.45, 2.75) is 39.8 Å². The van der Waals surface area contributed by atoms with Gasteiger partial charge in [-0.05, 0) is 29.9 Å². The Morgan fingerprint density at radius 3 is 2.80 bits per heavy atom. The van der Waals surface area contributed by atoms with Gasteiger partial charge in [-0.2, -0.15) is 0 Å². The molecule has 0 bridgehead atoms. The first-order valence-electron chi connectivity index (χ1n) is 5.64. The van der Waals surface area contributed by atoms with E-state index in [0.29, 0.717) is 5.92 Å². The molecule has 0 aromatic carbocycles. The highest BCUT2D eigenvalue weighted by Gasteiger charge is 2.09.